The van der Waals surface area contributed by atoms with Crippen molar-refractivity contribution in [3.05, 3.63) is 24.3 Å². The van der Waals surface area contributed by atoms with Gasteiger partial charge in [0.2, 0.25) is 11.1 Å². The van der Waals surface area contributed by atoms with E-state index in [1.165, 1.54) is 29.3 Å². The van der Waals surface area contributed by atoms with E-state index in [1.807, 2.05) is 36.1 Å². The second-order valence-corrected chi connectivity index (χ2v) is 7.71. The summed E-state index contributed by atoms with van der Waals surface area (Å²) in [7, 11) is 1.62. The smallest absolute Gasteiger partial charge is 0.235 e. The Bertz CT molecular complexity index is 739. The summed E-state index contributed by atoms with van der Waals surface area (Å²) in [5, 5.41) is 8.64. The molecule has 0 saturated carbocycles. The Labute approximate surface area is 157 Å². The second kappa shape index (κ2) is 8.44. The number of methoxy groups -OCH3 is 1. The minimum atomic E-state index is -0.247. The molecular formula is C18H25N5O2S. The number of hydrogen-bond donors (Lipinski definition) is 1. The highest BCUT2D eigenvalue weighted by molar-refractivity contribution is 8.00. The Balaban J connectivity index is 1.69. The first-order chi connectivity index (χ1) is 12.6. The van der Waals surface area contributed by atoms with Gasteiger partial charge in [0.15, 0.2) is 5.82 Å². The summed E-state index contributed by atoms with van der Waals surface area (Å²) in [5.74, 6) is 7.64. The Morgan fingerprint density at radius 2 is 1.81 bits per heavy atom. The molecule has 0 aliphatic carbocycles. The summed E-state index contributed by atoms with van der Waals surface area (Å²) in [5.41, 5.74) is 0.846. The molecule has 0 spiro atoms. The molecule has 7 nitrogen and oxygen atoms in total. The van der Waals surface area contributed by atoms with Crippen LogP contribution in [0.25, 0.3) is 11.4 Å². The largest absolute Gasteiger partial charge is 0.497 e. The highest BCUT2D eigenvalue weighted by atomic mass is 32.2. The third-order valence-electron chi connectivity index (χ3n) is 4.56. The van der Waals surface area contributed by atoms with E-state index in [-0.39, 0.29) is 11.2 Å². The summed E-state index contributed by atoms with van der Waals surface area (Å²) in [4.78, 5) is 14.7. The molecule has 2 aromatic rings. The number of thioether (sulfide) groups is 1. The summed E-state index contributed by atoms with van der Waals surface area (Å²) >= 11 is 1.35. The maximum atomic E-state index is 12.7. The van der Waals surface area contributed by atoms with Crippen LogP contribution in [0.4, 0.5) is 0 Å². The SMILES string of the molecule is COc1ccc(-c2nnc(S[C@@H](C)C(=O)N3CCCCCC3)n2N)cc1. The first-order valence-corrected chi connectivity index (χ1v) is 9.78. The van der Waals surface area contributed by atoms with Gasteiger partial charge in [0.1, 0.15) is 5.75 Å². The molecule has 1 aliphatic rings. The van der Waals surface area contributed by atoms with Crippen LogP contribution in [0.3, 0.4) is 0 Å². The first-order valence-electron chi connectivity index (χ1n) is 8.90. The third kappa shape index (κ3) is 4.12. The fourth-order valence-corrected chi connectivity index (χ4v) is 3.91. The molecule has 0 bridgehead atoms. The number of nitrogens with two attached hydrogens (primary N) is 1. The zero-order chi connectivity index (χ0) is 18.5. The fourth-order valence-electron chi connectivity index (χ4n) is 3.05. The standard InChI is InChI=1S/C18H25N5O2S/c1-13(17(24)22-11-5-3-4-6-12-22)26-18-21-20-16(23(18)19)14-7-9-15(25-2)10-8-14/h7-10,13H,3-6,11-12,19H2,1-2H3/t13-/m0/s1. The van der Waals surface area contributed by atoms with Crippen molar-refractivity contribution in [3.63, 3.8) is 0 Å². The lowest BCUT2D eigenvalue weighted by Crippen LogP contribution is -2.37. The molecule has 1 aromatic heterocycles. The number of nitrogens with zero attached hydrogens (tertiary/aromatic N) is 4. The van der Waals surface area contributed by atoms with Crippen LogP contribution in [0.1, 0.15) is 32.6 Å². The van der Waals surface area contributed by atoms with Gasteiger partial charge < -0.3 is 15.5 Å². The van der Waals surface area contributed by atoms with Crippen molar-refractivity contribution in [3.8, 4) is 17.1 Å². The van der Waals surface area contributed by atoms with Crippen LogP contribution in [0.15, 0.2) is 29.4 Å². The van der Waals surface area contributed by atoms with Crippen molar-refractivity contribution in [2.75, 3.05) is 26.0 Å². The lowest BCUT2D eigenvalue weighted by Gasteiger charge is -2.23. The minimum Gasteiger partial charge on any atom is -0.497 e. The number of amides is 1. The molecule has 2 N–H and O–H groups in total. The topological polar surface area (TPSA) is 86.3 Å². The van der Waals surface area contributed by atoms with E-state index in [1.54, 1.807) is 7.11 Å². The Kier molecular flexibility index (Phi) is 6.03. The van der Waals surface area contributed by atoms with Gasteiger partial charge in [0, 0.05) is 18.7 Å². The van der Waals surface area contributed by atoms with Gasteiger partial charge >= 0.3 is 0 Å². The highest BCUT2D eigenvalue weighted by Crippen LogP contribution is 2.27. The first kappa shape index (κ1) is 18.6. The molecule has 0 unspecified atom stereocenters. The fraction of sp³-hybridized carbons (Fsp3) is 0.500. The normalized spacial score (nSPS) is 16.2. The molecule has 1 fully saturated rings. The van der Waals surface area contributed by atoms with Crippen molar-refractivity contribution in [1.82, 2.24) is 19.8 Å². The lowest BCUT2D eigenvalue weighted by molar-refractivity contribution is -0.130. The molecule has 1 aliphatic heterocycles. The van der Waals surface area contributed by atoms with Crippen molar-refractivity contribution >= 4 is 17.7 Å². The number of carbonyl (C=O) groups is 1. The predicted octanol–water partition coefficient (Wildman–Crippen LogP) is 2.55. The summed E-state index contributed by atoms with van der Waals surface area (Å²) in [6, 6.07) is 7.46. The van der Waals surface area contributed by atoms with Crippen LogP contribution < -0.4 is 10.6 Å². The zero-order valence-corrected chi connectivity index (χ0v) is 16.0. The highest BCUT2D eigenvalue weighted by Gasteiger charge is 2.24. The molecule has 1 aromatic carbocycles. The van der Waals surface area contributed by atoms with Crippen LogP contribution in [-0.2, 0) is 4.79 Å². The summed E-state index contributed by atoms with van der Waals surface area (Å²) < 4.78 is 6.61. The van der Waals surface area contributed by atoms with E-state index in [0.717, 1.165) is 37.2 Å². The van der Waals surface area contributed by atoms with Gasteiger partial charge in [0.25, 0.3) is 0 Å². The molecule has 2 heterocycles. The summed E-state index contributed by atoms with van der Waals surface area (Å²) in [6.45, 7) is 3.59. The molecule has 1 amide bonds. The molecule has 140 valence electrons. The van der Waals surface area contributed by atoms with Crippen LogP contribution in [0, 0.1) is 0 Å². The van der Waals surface area contributed by atoms with Gasteiger partial charge in [-0.2, -0.15) is 0 Å². The number of hydrogen-bond acceptors (Lipinski definition) is 6. The number of rotatable bonds is 5. The van der Waals surface area contributed by atoms with Crippen molar-refractivity contribution in [2.45, 2.75) is 43.0 Å². The van der Waals surface area contributed by atoms with Gasteiger partial charge in [-0.1, -0.05) is 24.6 Å². The average molecular weight is 375 g/mol. The monoisotopic (exact) mass is 375 g/mol. The Hall–Kier alpha value is -2.22. The summed E-state index contributed by atoms with van der Waals surface area (Å²) in [6.07, 6.45) is 4.57. The van der Waals surface area contributed by atoms with Gasteiger partial charge in [-0.3, -0.25) is 4.79 Å². The van der Waals surface area contributed by atoms with E-state index >= 15 is 0 Å². The van der Waals surface area contributed by atoms with Crippen molar-refractivity contribution in [2.24, 2.45) is 0 Å². The maximum Gasteiger partial charge on any atom is 0.235 e. The van der Waals surface area contributed by atoms with Gasteiger partial charge in [-0.25, -0.2) is 4.68 Å². The van der Waals surface area contributed by atoms with Gasteiger partial charge in [-0.15, -0.1) is 10.2 Å². The molecule has 8 heteroatoms. The predicted molar refractivity (Wildman–Crippen MR) is 103 cm³/mol. The van der Waals surface area contributed by atoms with Crippen molar-refractivity contribution in [1.29, 1.82) is 0 Å². The van der Waals surface area contributed by atoms with Crippen LogP contribution in [0.5, 0.6) is 5.75 Å². The number of benzene rings is 1. The number of ether oxygens (including phenoxy) is 1. The van der Waals surface area contributed by atoms with E-state index in [4.69, 9.17) is 10.6 Å². The zero-order valence-electron chi connectivity index (χ0n) is 15.2. The molecule has 26 heavy (non-hydrogen) atoms. The third-order valence-corrected chi connectivity index (χ3v) is 5.60. The molecule has 1 saturated heterocycles. The van der Waals surface area contributed by atoms with E-state index in [2.05, 4.69) is 10.2 Å². The minimum absolute atomic E-state index is 0.144. The van der Waals surface area contributed by atoms with E-state index in [9.17, 15) is 4.79 Å². The molecule has 0 radical (unpaired) electrons. The maximum absolute atomic E-state index is 12.7. The van der Waals surface area contributed by atoms with Crippen LogP contribution in [0.2, 0.25) is 0 Å². The molecule has 1 atom stereocenters. The van der Waals surface area contributed by atoms with Gasteiger partial charge in [0.05, 0.1) is 12.4 Å². The van der Waals surface area contributed by atoms with Crippen molar-refractivity contribution < 1.29 is 9.53 Å². The molecule has 3 rings (SSSR count). The lowest BCUT2D eigenvalue weighted by atomic mass is 10.2. The van der Waals surface area contributed by atoms with E-state index in [0.29, 0.717) is 11.0 Å². The quantitative estimate of drug-likeness (QED) is 0.638. The van der Waals surface area contributed by atoms with Crippen LogP contribution in [-0.4, -0.2) is 51.1 Å². The number of likely N-dealkylation sites (tertiary alicyclic amines) is 1. The average Bonchev–Trinajstić information content (AvgIpc) is 2.87. The van der Waals surface area contributed by atoms with Gasteiger partial charge in [-0.05, 0) is 44.0 Å². The number of carbonyl (C=O) groups excluding carboxylic acids is 1. The van der Waals surface area contributed by atoms with E-state index < -0.39 is 0 Å². The molecular weight excluding hydrogens is 350 g/mol. The second-order valence-electron chi connectivity index (χ2n) is 6.40. The van der Waals surface area contributed by atoms with Crippen LogP contribution >= 0.6 is 11.8 Å². The number of nitrogen functional groups attached to an aromatic ring is 1. The Morgan fingerprint density at radius 1 is 1.15 bits per heavy atom. The Morgan fingerprint density at radius 3 is 2.42 bits per heavy atom. The number of aromatic nitrogens is 3.